The fourth-order valence-electron chi connectivity index (χ4n) is 1.52. The minimum atomic E-state index is -0.242. The Bertz CT molecular complexity index is 206. The summed E-state index contributed by atoms with van der Waals surface area (Å²) in [6, 6.07) is -0.242. The van der Waals surface area contributed by atoms with Crippen LogP contribution in [-0.4, -0.2) is 50.3 Å². The van der Waals surface area contributed by atoms with Crippen LogP contribution in [0.5, 0.6) is 0 Å². The molecule has 1 heterocycles. The first-order chi connectivity index (χ1) is 6.79. The molecule has 0 spiro atoms. The topological polar surface area (TPSA) is 38.8 Å². The summed E-state index contributed by atoms with van der Waals surface area (Å²) in [4.78, 5) is 13.5. The highest BCUT2D eigenvalue weighted by molar-refractivity contribution is 5.75. The summed E-state index contributed by atoms with van der Waals surface area (Å²) in [5, 5.41) is 0. The number of hydrogen-bond acceptors (Lipinski definition) is 4. The fraction of sp³-hybridized carbons (Fsp3) is 0.700. The van der Waals surface area contributed by atoms with Crippen LogP contribution in [0.3, 0.4) is 0 Å². The van der Waals surface area contributed by atoms with Crippen molar-refractivity contribution in [1.29, 1.82) is 0 Å². The third-order valence-corrected chi connectivity index (χ3v) is 2.33. The van der Waals surface area contributed by atoms with Crippen LogP contribution in [0.2, 0.25) is 0 Å². The lowest BCUT2D eigenvalue weighted by Gasteiger charge is -2.33. The lowest BCUT2D eigenvalue weighted by molar-refractivity contribution is -0.153. The van der Waals surface area contributed by atoms with Crippen LogP contribution in [0.1, 0.15) is 6.42 Å². The molecule has 1 rings (SSSR count). The van der Waals surface area contributed by atoms with Crippen molar-refractivity contribution in [3.8, 4) is 0 Å². The van der Waals surface area contributed by atoms with E-state index in [1.807, 2.05) is 6.08 Å². The molecule has 1 atom stereocenters. The maximum atomic E-state index is 11.4. The van der Waals surface area contributed by atoms with E-state index in [1.165, 1.54) is 7.11 Å². The second-order valence-electron chi connectivity index (χ2n) is 3.23. The molecule has 0 N–H and O–H groups in total. The maximum absolute atomic E-state index is 11.4. The molecule has 0 aromatic heterocycles. The first kappa shape index (κ1) is 11.2. The smallest absolute Gasteiger partial charge is 0.325 e. The zero-order chi connectivity index (χ0) is 10.4. The van der Waals surface area contributed by atoms with Crippen molar-refractivity contribution in [2.75, 3.05) is 33.4 Å². The number of nitrogens with zero attached hydrogens (tertiary/aromatic N) is 1. The summed E-state index contributed by atoms with van der Waals surface area (Å²) in [6.07, 6.45) is 2.73. The van der Waals surface area contributed by atoms with Crippen LogP contribution >= 0.6 is 0 Å². The van der Waals surface area contributed by atoms with Crippen LogP contribution in [0.15, 0.2) is 12.7 Å². The summed E-state index contributed by atoms with van der Waals surface area (Å²) >= 11 is 0. The Morgan fingerprint density at radius 2 is 2.57 bits per heavy atom. The van der Waals surface area contributed by atoms with Crippen LogP contribution in [0.25, 0.3) is 0 Å². The summed E-state index contributed by atoms with van der Waals surface area (Å²) < 4.78 is 9.96. The predicted octanol–water partition coefficient (Wildman–Crippen LogP) is 0.436. The standard InChI is InChI=1S/C10H17NO3/c1-3-4-5-11-6-7-14-8-9(11)10(12)13-2/h3,9H,1,4-8H2,2H3. The predicted molar refractivity (Wildman–Crippen MR) is 53.0 cm³/mol. The van der Waals surface area contributed by atoms with E-state index in [0.717, 1.165) is 19.5 Å². The Morgan fingerprint density at radius 3 is 3.21 bits per heavy atom. The van der Waals surface area contributed by atoms with E-state index in [4.69, 9.17) is 9.47 Å². The minimum absolute atomic E-state index is 0.214. The van der Waals surface area contributed by atoms with Crippen molar-refractivity contribution in [3.63, 3.8) is 0 Å². The number of esters is 1. The van der Waals surface area contributed by atoms with Crippen molar-refractivity contribution in [1.82, 2.24) is 4.90 Å². The molecule has 0 aliphatic carbocycles. The van der Waals surface area contributed by atoms with Gasteiger partial charge in [-0.25, -0.2) is 0 Å². The van der Waals surface area contributed by atoms with Crippen molar-refractivity contribution in [2.24, 2.45) is 0 Å². The normalized spacial score (nSPS) is 23.1. The molecule has 14 heavy (non-hydrogen) atoms. The summed E-state index contributed by atoms with van der Waals surface area (Å²) in [5.74, 6) is -0.214. The molecule has 0 bridgehead atoms. The Balaban J connectivity index is 2.49. The average molecular weight is 199 g/mol. The zero-order valence-corrected chi connectivity index (χ0v) is 8.57. The molecule has 0 radical (unpaired) electrons. The van der Waals surface area contributed by atoms with Crippen LogP contribution in [-0.2, 0) is 14.3 Å². The summed E-state index contributed by atoms with van der Waals surface area (Å²) in [6.45, 7) is 6.41. The SMILES string of the molecule is C=CCCN1CCOCC1C(=O)OC. The maximum Gasteiger partial charge on any atom is 0.325 e. The van der Waals surface area contributed by atoms with Crippen molar-refractivity contribution in [2.45, 2.75) is 12.5 Å². The molecule has 4 heteroatoms. The van der Waals surface area contributed by atoms with Crippen LogP contribution in [0.4, 0.5) is 0 Å². The highest BCUT2D eigenvalue weighted by Crippen LogP contribution is 2.09. The molecule has 1 saturated heterocycles. The van der Waals surface area contributed by atoms with Gasteiger partial charge in [0.25, 0.3) is 0 Å². The van der Waals surface area contributed by atoms with Gasteiger partial charge < -0.3 is 9.47 Å². The molecule has 1 unspecified atom stereocenters. The Labute approximate surface area is 84.5 Å². The van der Waals surface area contributed by atoms with Gasteiger partial charge in [-0.15, -0.1) is 6.58 Å². The average Bonchev–Trinajstić information content (AvgIpc) is 2.25. The van der Waals surface area contributed by atoms with E-state index < -0.39 is 0 Å². The number of ether oxygens (including phenoxy) is 2. The zero-order valence-electron chi connectivity index (χ0n) is 8.57. The molecule has 0 aromatic rings. The van der Waals surface area contributed by atoms with Gasteiger partial charge in [-0.2, -0.15) is 0 Å². The highest BCUT2D eigenvalue weighted by Gasteiger charge is 2.29. The lowest BCUT2D eigenvalue weighted by Crippen LogP contribution is -2.50. The van der Waals surface area contributed by atoms with Gasteiger partial charge in [-0.1, -0.05) is 6.08 Å². The third-order valence-electron chi connectivity index (χ3n) is 2.33. The van der Waals surface area contributed by atoms with E-state index in [1.54, 1.807) is 0 Å². The minimum Gasteiger partial charge on any atom is -0.468 e. The van der Waals surface area contributed by atoms with Crippen LogP contribution in [0, 0.1) is 0 Å². The van der Waals surface area contributed by atoms with Gasteiger partial charge in [0.05, 0.1) is 20.3 Å². The Hall–Kier alpha value is -0.870. The number of methoxy groups -OCH3 is 1. The molecule has 0 amide bonds. The van der Waals surface area contributed by atoms with Gasteiger partial charge in [0.2, 0.25) is 0 Å². The number of rotatable bonds is 4. The van der Waals surface area contributed by atoms with Gasteiger partial charge in [0.1, 0.15) is 6.04 Å². The summed E-state index contributed by atoms with van der Waals surface area (Å²) in [7, 11) is 1.41. The molecular weight excluding hydrogens is 182 g/mol. The van der Waals surface area contributed by atoms with E-state index in [9.17, 15) is 4.79 Å². The Kier molecular flexibility index (Phi) is 4.62. The van der Waals surface area contributed by atoms with Crippen molar-refractivity contribution < 1.29 is 14.3 Å². The number of morpholine rings is 1. The van der Waals surface area contributed by atoms with Gasteiger partial charge >= 0.3 is 5.97 Å². The molecule has 4 nitrogen and oxygen atoms in total. The third kappa shape index (κ3) is 2.82. The number of carbonyl (C=O) groups excluding carboxylic acids is 1. The molecule has 0 saturated carbocycles. The summed E-state index contributed by atoms with van der Waals surface area (Å²) in [5.41, 5.74) is 0. The molecule has 80 valence electrons. The van der Waals surface area contributed by atoms with Gasteiger partial charge in [0.15, 0.2) is 0 Å². The van der Waals surface area contributed by atoms with Gasteiger partial charge in [-0.05, 0) is 6.42 Å². The van der Waals surface area contributed by atoms with E-state index >= 15 is 0 Å². The molecular formula is C10H17NO3. The van der Waals surface area contributed by atoms with E-state index in [0.29, 0.717) is 13.2 Å². The fourth-order valence-corrected chi connectivity index (χ4v) is 1.52. The second kappa shape index (κ2) is 5.78. The number of carbonyl (C=O) groups is 1. The largest absolute Gasteiger partial charge is 0.468 e. The highest BCUT2D eigenvalue weighted by atomic mass is 16.5. The molecule has 1 fully saturated rings. The van der Waals surface area contributed by atoms with Gasteiger partial charge in [-0.3, -0.25) is 9.69 Å². The first-order valence-electron chi connectivity index (χ1n) is 4.80. The molecule has 1 aliphatic heterocycles. The van der Waals surface area contributed by atoms with Gasteiger partial charge in [0, 0.05) is 13.1 Å². The first-order valence-corrected chi connectivity index (χ1v) is 4.80. The van der Waals surface area contributed by atoms with Crippen molar-refractivity contribution >= 4 is 5.97 Å². The molecule has 0 aromatic carbocycles. The lowest BCUT2D eigenvalue weighted by atomic mass is 10.2. The monoisotopic (exact) mass is 199 g/mol. The van der Waals surface area contributed by atoms with Crippen LogP contribution < -0.4 is 0 Å². The quantitative estimate of drug-likeness (QED) is 0.486. The Morgan fingerprint density at radius 1 is 1.79 bits per heavy atom. The second-order valence-corrected chi connectivity index (χ2v) is 3.23. The van der Waals surface area contributed by atoms with E-state index in [-0.39, 0.29) is 12.0 Å². The van der Waals surface area contributed by atoms with Crippen molar-refractivity contribution in [3.05, 3.63) is 12.7 Å². The van der Waals surface area contributed by atoms with E-state index in [2.05, 4.69) is 11.5 Å². The number of hydrogen-bond donors (Lipinski definition) is 0. The molecule has 1 aliphatic rings.